The van der Waals surface area contributed by atoms with E-state index in [1.165, 1.54) is 13.2 Å². The number of aliphatic carboxylic acids is 1. The maximum atomic E-state index is 11.9. The van der Waals surface area contributed by atoms with E-state index in [1.807, 2.05) is 19.1 Å². The molecule has 108 valence electrons. The lowest BCUT2D eigenvalue weighted by molar-refractivity contribution is -0.141. The van der Waals surface area contributed by atoms with Crippen LogP contribution in [-0.4, -0.2) is 30.1 Å². The molecule has 5 heteroatoms. The number of rotatable bonds is 7. The van der Waals surface area contributed by atoms with Crippen LogP contribution in [0.5, 0.6) is 5.75 Å². The van der Waals surface area contributed by atoms with Gasteiger partial charge in [0.2, 0.25) is 5.91 Å². The van der Waals surface area contributed by atoms with Crippen LogP contribution in [0.4, 0.5) is 0 Å². The third-order valence-corrected chi connectivity index (χ3v) is 2.82. The lowest BCUT2D eigenvalue weighted by Gasteiger charge is -2.14. The predicted molar refractivity (Wildman–Crippen MR) is 75.8 cm³/mol. The van der Waals surface area contributed by atoms with E-state index < -0.39 is 12.0 Å². The van der Waals surface area contributed by atoms with E-state index in [2.05, 4.69) is 11.9 Å². The van der Waals surface area contributed by atoms with Crippen LogP contribution < -0.4 is 10.1 Å². The second kappa shape index (κ2) is 7.33. The van der Waals surface area contributed by atoms with E-state index in [0.717, 1.165) is 11.1 Å². The van der Waals surface area contributed by atoms with Crippen molar-refractivity contribution in [3.63, 3.8) is 0 Å². The van der Waals surface area contributed by atoms with E-state index in [0.29, 0.717) is 5.75 Å². The molecule has 1 atom stereocenters. The van der Waals surface area contributed by atoms with Crippen LogP contribution >= 0.6 is 0 Å². The van der Waals surface area contributed by atoms with E-state index in [-0.39, 0.29) is 18.7 Å². The van der Waals surface area contributed by atoms with E-state index in [1.54, 1.807) is 6.07 Å². The standard InChI is InChI=1S/C15H19NO4/c1-4-5-12(15(18)19)16-14(17)9-11-8-10(2)6-7-13(11)20-3/h4,6-8,12H,1,5,9H2,2-3H3,(H,16,17)(H,18,19). The number of nitrogens with one attached hydrogen (secondary N) is 1. The third-order valence-electron chi connectivity index (χ3n) is 2.82. The minimum Gasteiger partial charge on any atom is -0.496 e. The topological polar surface area (TPSA) is 75.6 Å². The van der Waals surface area contributed by atoms with Gasteiger partial charge in [-0.25, -0.2) is 4.79 Å². The predicted octanol–water partition coefficient (Wildman–Crippen LogP) is 1.69. The first-order valence-electron chi connectivity index (χ1n) is 6.24. The number of amides is 1. The van der Waals surface area contributed by atoms with Gasteiger partial charge in [0.15, 0.2) is 0 Å². The lowest BCUT2D eigenvalue weighted by atomic mass is 10.1. The van der Waals surface area contributed by atoms with Crippen LogP contribution in [0, 0.1) is 6.92 Å². The quantitative estimate of drug-likeness (QED) is 0.744. The molecule has 20 heavy (non-hydrogen) atoms. The van der Waals surface area contributed by atoms with Crippen molar-refractivity contribution in [3.05, 3.63) is 42.0 Å². The maximum absolute atomic E-state index is 11.9. The highest BCUT2D eigenvalue weighted by Gasteiger charge is 2.19. The van der Waals surface area contributed by atoms with Crippen molar-refractivity contribution in [2.45, 2.75) is 25.8 Å². The fourth-order valence-corrected chi connectivity index (χ4v) is 1.85. The second-order valence-electron chi connectivity index (χ2n) is 4.47. The Bertz CT molecular complexity index is 511. The van der Waals surface area contributed by atoms with Crippen molar-refractivity contribution in [1.29, 1.82) is 0 Å². The Hall–Kier alpha value is -2.30. The van der Waals surface area contributed by atoms with Crippen LogP contribution in [0.25, 0.3) is 0 Å². The number of hydrogen-bond acceptors (Lipinski definition) is 3. The molecule has 1 aromatic carbocycles. The minimum atomic E-state index is -1.07. The van der Waals surface area contributed by atoms with Crippen molar-refractivity contribution in [2.75, 3.05) is 7.11 Å². The van der Waals surface area contributed by atoms with Gasteiger partial charge in [0.25, 0.3) is 0 Å². The molecule has 1 aromatic rings. The van der Waals surface area contributed by atoms with Gasteiger partial charge in [-0.1, -0.05) is 23.8 Å². The number of benzene rings is 1. The van der Waals surface area contributed by atoms with Gasteiger partial charge in [0, 0.05) is 5.56 Å². The number of carboxylic acids is 1. The van der Waals surface area contributed by atoms with Crippen molar-refractivity contribution in [1.82, 2.24) is 5.32 Å². The minimum absolute atomic E-state index is 0.0752. The van der Waals surface area contributed by atoms with E-state index in [4.69, 9.17) is 9.84 Å². The Morgan fingerprint density at radius 2 is 2.20 bits per heavy atom. The zero-order chi connectivity index (χ0) is 15.1. The Kier molecular flexibility index (Phi) is 5.77. The summed E-state index contributed by atoms with van der Waals surface area (Å²) in [6, 6.07) is 4.58. The zero-order valence-electron chi connectivity index (χ0n) is 11.7. The lowest BCUT2D eigenvalue weighted by Crippen LogP contribution is -2.41. The molecule has 0 radical (unpaired) electrons. The Morgan fingerprint density at radius 3 is 2.75 bits per heavy atom. The zero-order valence-corrected chi connectivity index (χ0v) is 11.7. The van der Waals surface area contributed by atoms with Crippen LogP contribution in [0.3, 0.4) is 0 Å². The van der Waals surface area contributed by atoms with E-state index in [9.17, 15) is 9.59 Å². The van der Waals surface area contributed by atoms with Gasteiger partial charge >= 0.3 is 5.97 Å². The summed E-state index contributed by atoms with van der Waals surface area (Å²) < 4.78 is 5.19. The summed E-state index contributed by atoms with van der Waals surface area (Å²) in [4.78, 5) is 22.9. The third kappa shape index (κ3) is 4.42. The molecule has 1 amide bonds. The number of methoxy groups -OCH3 is 1. The van der Waals surface area contributed by atoms with Gasteiger partial charge < -0.3 is 15.2 Å². The number of carboxylic acid groups (broad SMARTS) is 1. The fourth-order valence-electron chi connectivity index (χ4n) is 1.85. The molecule has 0 aliphatic heterocycles. The number of carbonyl (C=O) groups is 2. The SMILES string of the molecule is C=CCC(NC(=O)Cc1cc(C)ccc1OC)C(=O)O. The first-order valence-corrected chi connectivity index (χ1v) is 6.24. The van der Waals surface area contributed by atoms with Crippen LogP contribution in [0.15, 0.2) is 30.9 Å². The molecule has 0 aliphatic carbocycles. The molecule has 0 saturated heterocycles. The molecule has 1 unspecified atom stereocenters. The molecular weight excluding hydrogens is 258 g/mol. The highest BCUT2D eigenvalue weighted by atomic mass is 16.5. The first-order chi connectivity index (χ1) is 9.47. The van der Waals surface area contributed by atoms with Gasteiger partial charge in [-0.2, -0.15) is 0 Å². The van der Waals surface area contributed by atoms with Crippen LogP contribution in [0.1, 0.15) is 17.5 Å². The van der Waals surface area contributed by atoms with E-state index >= 15 is 0 Å². The number of carbonyl (C=O) groups excluding carboxylic acids is 1. The summed E-state index contributed by atoms with van der Waals surface area (Å²) >= 11 is 0. The summed E-state index contributed by atoms with van der Waals surface area (Å²) in [5.74, 6) is -0.820. The fraction of sp³-hybridized carbons (Fsp3) is 0.333. The summed E-state index contributed by atoms with van der Waals surface area (Å²) in [7, 11) is 1.53. The smallest absolute Gasteiger partial charge is 0.326 e. The van der Waals surface area contributed by atoms with Crippen molar-refractivity contribution >= 4 is 11.9 Å². The van der Waals surface area contributed by atoms with Gasteiger partial charge in [0.1, 0.15) is 11.8 Å². The molecule has 0 spiro atoms. The van der Waals surface area contributed by atoms with Crippen LogP contribution in [0.2, 0.25) is 0 Å². The average Bonchev–Trinajstić information content (AvgIpc) is 2.38. The number of ether oxygens (including phenoxy) is 1. The molecule has 0 heterocycles. The van der Waals surface area contributed by atoms with Crippen LogP contribution in [-0.2, 0) is 16.0 Å². The molecule has 5 nitrogen and oxygen atoms in total. The first kappa shape index (κ1) is 15.8. The molecule has 0 fully saturated rings. The van der Waals surface area contributed by atoms with Crippen molar-refractivity contribution < 1.29 is 19.4 Å². The molecular formula is C15H19NO4. The molecule has 0 aromatic heterocycles. The Labute approximate surface area is 118 Å². The molecule has 1 rings (SSSR count). The van der Waals surface area contributed by atoms with Gasteiger partial charge in [-0.15, -0.1) is 6.58 Å². The summed E-state index contributed by atoms with van der Waals surface area (Å²) in [6.45, 7) is 5.39. The van der Waals surface area contributed by atoms with Crippen molar-refractivity contribution in [3.8, 4) is 5.75 Å². The van der Waals surface area contributed by atoms with Gasteiger partial charge in [0.05, 0.1) is 13.5 Å². The van der Waals surface area contributed by atoms with Gasteiger partial charge in [-0.05, 0) is 19.4 Å². The Morgan fingerprint density at radius 1 is 1.50 bits per heavy atom. The Balaban J connectivity index is 2.77. The molecule has 2 N–H and O–H groups in total. The highest BCUT2D eigenvalue weighted by Crippen LogP contribution is 2.20. The highest BCUT2D eigenvalue weighted by molar-refractivity contribution is 5.85. The van der Waals surface area contributed by atoms with Gasteiger partial charge in [-0.3, -0.25) is 4.79 Å². The molecule has 0 saturated carbocycles. The van der Waals surface area contributed by atoms with Crippen molar-refractivity contribution in [2.24, 2.45) is 0 Å². The number of aryl methyl sites for hydroxylation is 1. The number of hydrogen-bond donors (Lipinski definition) is 2. The summed E-state index contributed by atoms with van der Waals surface area (Å²) in [5, 5.41) is 11.4. The summed E-state index contributed by atoms with van der Waals surface area (Å²) in [5.41, 5.74) is 1.74. The monoisotopic (exact) mass is 277 g/mol. The summed E-state index contributed by atoms with van der Waals surface area (Å²) in [6.07, 6.45) is 1.73. The second-order valence-corrected chi connectivity index (χ2v) is 4.47. The molecule has 0 aliphatic rings. The normalized spacial score (nSPS) is 11.5. The molecule has 0 bridgehead atoms. The average molecular weight is 277 g/mol. The largest absolute Gasteiger partial charge is 0.496 e. The maximum Gasteiger partial charge on any atom is 0.326 e.